The van der Waals surface area contributed by atoms with Crippen molar-refractivity contribution in [3.8, 4) is 0 Å². The quantitative estimate of drug-likeness (QED) is 0.895. The van der Waals surface area contributed by atoms with Crippen LogP contribution in [0, 0.1) is 12.7 Å². The average molecular weight is 247 g/mol. The Labute approximate surface area is 107 Å². The molecule has 0 saturated carbocycles. The number of nitrogens with one attached hydrogen (secondary N) is 1. The maximum Gasteiger partial charge on any atom is 0.128 e. The van der Waals surface area contributed by atoms with Crippen LogP contribution in [-0.4, -0.2) is 9.78 Å². The van der Waals surface area contributed by atoms with Gasteiger partial charge in [0.25, 0.3) is 0 Å². The van der Waals surface area contributed by atoms with Crippen molar-refractivity contribution in [1.29, 1.82) is 0 Å². The third-order valence-corrected chi connectivity index (χ3v) is 2.81. The van der Waals surface area contributed by atoms with Gasteiger partial charge in [0, 0.05) is 24.3 Å². The van der Waals surface area contributed by atoms with Crippen LogP contribution in [0.25, 0.3) is 0 Å². The van der Waals surface area contributed by atoms with Crippen molar-refractivity contribution in [2.45, 2.75) is 33.4 Å². The Bertz CT molecular complexity index is 532. The number of hydrogen-bond acceptors (Lipinski definition) is 2. The number of aromatic nitrogens is 2. The van der Waals surface area contributed by atoms with Crippen molar-refractivity contribution in [3.05, 3.63) is 47.5 Å². The lowest BCUT2D eigenvalue weighted by Gasteiger charge is -2.06. The Morgan fingerprint density at radius 3 is 2.83 bits per heavy atom. The summed E-state index contributed by atoms with van der Waals surface area (Å²) < 4.78 is 15.4. The topological polar surface area (TPSA) is 29.9 Å². The predicted octanol–water partition coefficient (Wildman–Crippen LogP) is 3.52. The summed E-state index contributed by atoms with van der Waals surface area (Å²) >= 11 is 0. The van der Waals surface area contributed by atoms with Crippen molar-refractivity contribution >= 4 is 5.69 Å². The van der Waals surface area contributed by atoms with Crippen molar-refractivity contribution in [1.82, 2.24) is 9.78 Å². The van der Waals surface area contributed by atoms with Crippen LogP contribution in [0.4, 0.5) is 10.1 Å². The van der Waals surface area contributed by atoms with Gasteiger partial charge in [0.2, 0.25) is 0 Å². The van der Waals surface area contributed by atoms with Gasteiger partial charge in [-0.15, -0.1) is 0 Å². The average Bonchev–Trinajstić information content (AvgIpc) is 2.79. The molecule has 1 heterocycles. The van der Waals surface area contributed by atoms with E-state index in [0.29, 0.717) is 18.2 Å². The molecular weight excluding hydrogens is 229 g/mol. The van der Waals surface area contributed by atoms with Gasteiger partial charge in [-0.25, -0.2) is 4.39 Å². The number of halogens is 1. The molecule has 0 fully saturated rings. The van der Waals surface area contributed by atoms with E-state index in [2.05, 4.69) is 24.3 Å². The summed E-state index contributed by atoms with van der Waals surface area (Å²) in [5.74, 6) is -0.177. The summed E-state index contributed by atoms with van der Waals surface area (Å²) in [4.78, 5) is 0. The third kappa shape index (κ3) is 2.88. The van der Waals surface area contributed by atoms with E-state index in [1.165, 1.54) is 6.07 Å². The molecular formula is C14H18FN3. The molecule has 0 atom stereocenters. The fraction of sp³-hybridized carbons (Fsp3) is 0.357. The van der Waals surface area contributed by atoms with Crippen LogP contribution in [0.3, 0.4) is 0 Å². The van der Waals surface area contributed by atoms with Crippen LogP contribution < -0.4 is 5.32 Å². The highest BCUT2D eigenvalue weighted by atomic mass is 19.1. The molecule has 0 unspecified atom stereocenters. The van der Waals surface area contributed by atoms with Crippen LogP contribution in [0.15, 0.2) is 30.6 Å². The Balaban J connectivity index is 2.04. The fourth-order valence-corrected chi connectivity index (χ4v) is 1.75. The standard InChI is InChI=1S/C14H18FN3/c1-10(2)18-9-13(8-17-18)16-7-12-6-11(3)4-5-14(12)15/h4-6,8-10,16H,7H2,1-3H3. The molecule has 0 bridgehead atoms. The van der Waals surface area contributed by atoms with Crippen molar-refractivity contribution in [3.63, 3.8) is 0 Å². The van der Waals surface area contributed by atoms with Crippen molar-refractivity contribution in [2.24, 2.45) is 0 Å². The summed E-state index contributed by atoms with van der Waals surface area (Å²) in [6.07, 6.45) is 3.69. The zero-order chi connectivity index (χ0) is 13.1. The Kier molecular flexibility index (Phi) is 3.65. The maximum atomic E-state index is 13.5. The predicted molar refractivity (Wildman–Crippen MR) is 71.1 cm³/mol. The van der Waals surface area contributed by atoms with E-state index >= 15 is 0 Å². The Morgan fingerprint density at radius 2 is 2.17 bits per heavy atom. The molecule has 1 aromatic heterocycles. The van der Waals surface area contributed by atoms with E-state index in [0.717, 1.165) is 11.3 Å². The van der Waals surface area contributed by atoms with Gasteiger partial charge in [0.05, 0.1) is 11.9 Å². The molecule has 2 rings (SSSR count). The van der Waals surface area contributed by atoms with Crippen molar-refractivity contribution in [2.75, 3.05) is 5.32 Å². The molecule has 96 valence electrons. The van der Waals surface area contributed by atoms with Crippen molar-refractivity contribution < 1.29 is 4.39 Å². The lowest BCUT2D eigenvalue weighted by molar-refractivity contribution is 0.532. The zero-order valence-electron chi connectivity index (χ0n) is 10.9. The molecule has 18 heavy (non-hydrogen) atoms. The van der Waals surface area contributed by atoms with E-state index in [1.54, 1.807) is 12.3 Å². The Morgan fingerprint density at radius 1 is 1.39 bits per heavy atom. The van der Waals surface area contributed by atoms with E-state index in [4.69, 9.17) is 0 Å². The number of anilines is 1. The lowest BCUT2D eigenvalue weighted by Crippen LogP contribution is -2.02. The number of nitrogens with zero attached hydrogens (tertiary/aromatic N) is 2. The second-order valence-corrected chi connectivity index (χ2v) is 4.75. The van der Waals surface area contributed by atoms with Gasteiger partial charge in [-0.05, 0) is 26.8 Å². The summed E-state index contributed by atoms with van der Waals surface area (Å²) in [5.41, 5.74) is 2.64. The fourth-order valence-electron chi connectivity index (χ4n) is 1.75. The van der Waals surface area contributed by atoms with Gasteiger partial charge in [0.1, 0.15) is 5.82 Å². The van der Waals surface area contributed by atoms with Crippen LogP contribution in [0.1, 0.15) is 31.0 Å². The molecule has 1 aromatic carbocycles. The molecule has 4 heteroatoms. The molecule has 0 spiro atoms. The second-order valence-electron chi connectivity index (χ2n) is 4.75. The first kappa shape index (κ1) is 12.6. The highest BCUT2D eigenvalue weighted by Gasteiger charge is 2.04. The zero-order valence-corrected chi connectivity index (χ0v) is 10.9. The van der Waals surface area contributed by atoms with Gasteiger partial charge >= 0.3 is 0 Å². The summed E-state index contributed by atoms with van der Waals surface area (Å²) in [6, 6.07) is 5.46. The SMILES string of the molecule is Cc1ccc(F)c(CNc2cnn(C(C)C)c2)c1. The highest BCUT2D eigenvalue weighted by molar-refractivity contribution is 5.39. The largest absolute Gasteiger partial charge is 0.378 e. The van der Waals surface area contributed by atoms with E-state index in [1.807, 2.05) is 23.9 Å². The van der Waals surface area contributed by atoms with Gasteiger partial charge in [-0.1, -0.05) is 17.7 Å². The van der Waals surface area contributed by atoms with E-state index in [9.17, 15) is 4.39 Å². The van der Waals surface area contributed by atoms with Gasteiger partial charge in [-0.3, -0.25) is 4.68 Å². The van der Waals surface area contributed by atoms with E-state index in [-0.39, 0.29) is 5.82 Å². The molecule has 1 N–H and O–H groups in total. The van der Waals surface area contributed by atoms with Gasteiger partial charge in [-0.2, -0.15) is 5.10 Å². The molecule has 0 aliphatic carbocycles. The smallest absolute Gasteiger partial charge is 0.128 e. The monoisotopic (exact) mass is 247 g/mol. The molecule has 0 radical (unpaired) electrons. The van der Waals surface area contributed by atoms with Gasteiger partial charge in [0.15, 0.2) is 0 Å². The third-order valence-electron chi connectivity index (χ3n) is 2.81. The Hall–Kier alpha value is -1.84. The minimum Gasteiger partial charge on any atom is -0.378 e. The summed E-state index contributed by atoms with van der Waals surface area (Å²) in [6.45, 7) is 6.56. The first-order chi connectivity index (χ1) is 8.56. The van der Waals surface area contributed by atoms with Crippen LogP contribution >= 0.6 is 0 Å². The number of hydrogen-bond donors (Lipinski definition) is 1. The maximum absolute atomic E-state index is 13.5. The minimum absolute atomic E-state index is 0.177. The van der Waals surface area contributed by atoms with Crippen LogP contribution in [0.5, 0.6) is 0 Å². The lowest BCUT2D eigenvalue weighted by atomic mass is 10.1. The van der Waals surface area contributed by atoms with E-state index < -0.39 is 0 Å². The number of aryl methyl sites for hydroxylation is 1. The highest BCUT2D eigenvalue weighted by Crippen LogP contribution is 2.14. The number of benzene rings is 1. The van der Waals surface area contributed by atoms with Crippen LogP contribution in [0.2, 0.25) is 0 Å². The first-order valence-electron chi connectivity index (χ1n) is 6.09. The summed E-state index contributed by atoms with van der Waals surface area (Å²) in [7, 11) is 0. The van der Waals surface area contributed by atoms with Gasteiger partial charge < -0.3 is 5.32 Å². The number of rotatable bonds is 4. The normalized spacial score (nSPS) is 10.9. The second kappa shape index (κ2) is 5.21. The first-order valence-corrected chi connectivity index (χ1v) is 6.09. The minimum atomic E-state index is -0.177. The summed E-state index contributed by atoms with van der Waals surface area (Å²) in [5, 5.41) is 7.41. The molecule has 0 aliphatic heterocycles. The molecule has 2 aromatic rings. The molecule has 0 aliphatic rings. The molecule has 0 amide bonds. The molecule has 3 nitrogen and oxygen atoms in total. The molecule has 0 saturated heterocycles. The van der Waals surface area contributed by atoms with Crippen LogP contribution in [-0.2, 0) is 6.54 Å².